The Bertz CT molecular complexity index is 512. The molecule has 2 aliphatic rings. The SMILES string of the molecule is O=C(CC1COCCN1)Nc1cccc(CN2CCOCC2)c1. The molecule has 1 atom stereocenters. The van der Waals surface area contributed by atoms with Crippen LogP contribution in [0.5, 0.6) is 0 Å². The first-order valence-electron chi connectivity index (χ1n) is 8.29. The number of carbonyl (C=O) groups excluding carboxylic acids is 1. The Balaban J connectivity index is 1.50. The summed E-state index contributed by atoms with van der Waals surface area (Å²) in [6.07, 6.45) is 0.438. The molecule has 1 amide bonds. The fourth-order valence-electron chi connectivity index (χ4n) is 2.95. The van der Waals surface area contributed by atoms with Crippen molar-refractivity contribution in [2.45, 2.75) is 19.0 Å². The van der Waals surface area contributed by atoms with Gasteiger partial charge in [0.15, 0.2) is 0 Å². The highest BCUT2D eigenvalue weighted by Gasteiger charge is 2.17. The fraction of sp³-hybridized carbons (Fsp3) is 0.588. The third-order valence-electron chi connectivity index (χ3n) is 4.15. The molecule has 0 aliphatic carbocycles. The zero-order chi connectivity index (χ0) is 15.9. The quantitative estimate of drug-likeness (QED) is 0.842. The second-order valence-corrected chi connectivity index (χ2v) is 6.07. The molecule has 126 valence electrons. The molecule has 6 heteroatoms. The Labute approximate surface area is 137 Å². The molecule has 2 aliphatic heterocycles. The first kappa shape index (κ1) is 16.4. The average molecular weight is 319 g/mol. The summed E-state index contributed by atoms with van der Waals surface area (Å²) < 4.78 is 10.7. The number of carbonyl (C=O) groups is 1. The Hall–Kier alpha value is -1.47. The Kier molecular flexibility index (Phi) is 5.99. The lowest BCUT2D eigenvalue weighted by Gasteiger charge is -2.26. The van der Waals surface area contributed by atoms with E-state index in [-0.39, 0.29) is 11.9 Å². The van der Waals surface area contributed by atoms with Crippen molar-refractivity contribution in [1.29, 1.82) is 0 Å². The van der Waals surface area contributed by atoms with Gasteiger partial charge >= 0.3 is 0 Å². The Morgan fingerprint density at radius 2 is 2.13 bits per heavy atom. The Morgan fingerprint density at radius 3 is 2.91 bits per heavy atom. The maximum Gasteiger partial charge on any atom is 0.226 e. The van der Waals surface area contributed by atoms with E-state index in [0.717, 1.165) is 51.7 Å². The van der Waals surface area contributed by atoms with Crippen LogP contribution in [0.25, 0.3) is 0 Å². The molecule has 2 saturated heterocycles. The van der Waals surface area contributed by atoms with Gasteiger partial charge in [-0.2, -0.15) is 0 Å². The minimum Gasteiger partial charge on any atom is -0.379 e. The zero-order valence-corrected chi connectivity index (χ0v) is 13.4. The molecule has 3 rings (SSSR count). The van der Waals surface area contributed by atoms with Crippen LogP contribution in [0.15, 0.2) is 24.3 Å². The highest BCUT2D eigenvalue weighted by Crippen LogP contribution is 2.14. The van der Waals surface area contributed by atoms with E-state index in [1.54, 1.807) is 0 Å². The van der Waals surface area contributed by atoms with Crippen molar-refractivity contribution >= 4 is 11.6 Å². The second kappa shape index (κ2) is 8.40. The largest absolute Gasteiger partial charge is 0.379 e. The number of benzene rings is 1. The van der Waals surface area contributed by atoms with Crippen molar-refractivity contribution in [3.05, 3.63) is 29.8 Å². The number of amides is 1. The van der Waals surface area contributed by atoms with Crippen molar-refractivity contribution in [1.82, 2.24) is 10.2 Å². The third-order valence-corrected chi connectivity index (χ3v) is 4.15. The first-order chi connectivity index (χ1) is 11.3. The smallest absolute Gasteiger partial charge is 0.226 e. The van der Waals surface area contributed by atoms with Gasteiger partial charge < -0.3 is 20.1 Å². The van der Waals surface area contributed by atoms with Crippen LogP contribution in [0, 0.1) is 0 Å². The minimum absolute atomic E-state index is 0.0246. The minimum atomic E-state index is 0.0246. The highest BCUT2D eigenvalue weighted by atomic mass is 16.5. The molecule has 2 heterocycles. The van der Waals surface area contributed by atoms with Crippen molar-refractivity contribution in [2.75, 3.05) is 51.4 Å². The van der Waals surface area contributed by atoms with E-state index in [4.69, 9.17) is 9.47 Å². The van der Waals surface area contributed by atoms with Crippen LogP contribution in [0.1, 0.15) is 12.0 Å². The van der Waals surface area contributed by atoms with Gasteiger partial charge in [0.05, 0.1) is 26.4 Å². The van der Waals surface area contributed by atoms with Crippen LogP contribution in [0.4, 0.5) is 5.69 Å². The van der Waals surface area contributed by atoms with Gasteiger partial charge in [-0.05, 0) is 17.7 Å². The summed E-state index contributed by atoms with van der Waals surface area (Å²) >= 11 is 0. The molecule has 2 fully saturated rings. The number of nitrogens with one attached hydrogen (secondary N) is 2. The van der Waals surface area contributed by atoms with Crippen molar-refractivity contribution < 1.29 is 14.3 Å². The number of nitrogens with zero attached hydrogens (tertiary/aromatic N) is 1. The predicted octanol–water partition coefficient (Wildman–Crippen LogP) is 0.836. The molecule has 1 aromatic carbocycles. The number of hydrogen-bond acceptors (Lipinski definition) is 5. The normalized spacial score (nSPS) is 22.7. The van der Waals surface area contributed by atoms with Crippen molar-refractivity contribution in [3.8, 4) is 0 Å². The molecule has 1 unspecified atom stereocenters. The van der Waals surface area contributed by atoms with Crippen LogP contribution >= 0.6 is 0 Å². The third kappa shape index (κ3) is 5.28. The number of morpholine rings is 2. The monoisotopic (exact) mass is 319 g/mol. The second-order valence-electron chi connectivity index (χ2n) is 6.07. The van der Waals surface area contributed by atoms with Gasteiger partial charge in [0.1, 0.15) is 0 Å². The predicted molar refractivity (Wildman–Crippen MR) is 88.4 cm³/mol. The summed E-state index contributed by atoms with van der Waals surface area (Å²) in [7, 11) is 0. The average Bonchev–Trinajstić information content (AvgIpc) is 2.57. The topological polar surface area (TPSA) is 62.8 Å². The van der Waals surface area contributed by atoms with E-state index < -0.39 is 0 Å². The summed E-state index contributed by atoms with van der Waals surface area (Å²) in [6.45, 7) is 6.55. The van der Waals surface area contributed by atoms with E-state index in [2.05, 4.69) is 27.7 Å². The van der Waals surface area contributed by atoms with Gasteiger partial charge in [0.25, 0.3) is 0 Å². The summed E-state index contributed by atoms with van der Waals surface area (Å²) in [5, 5.41) is 6.29. The summed E-state index contributed by atoms with van der Waals surface area (Å²) in [4.78, 5) is 14.5. The van der Waals surface area contributed by atoms with Gasteiger partial charge in [-0.1, -0.05) is 12.1 Å². The lowest BCUT2D eigenvalue weighted by Crippen LogP contribution is -2.43. The van der Waals surface area contributed by atoms with E-state index in [1.165, 1.54) is 5.56 Å². The molecule has 0 radical (unpaired) electrons. The molecule has 0 saturated carbocycles. The van der Waals surface area contributed by atoms with E-state index >= 15 is 0 Å². The summed E-state index contributed by atoms with van der Waals surface area (Å²) in [5.41, 5.74) is 2.07. The van der Waals surface area contributed by atoms with Gasteiger partial charge in [0.2, 0.25) is 5.91 Å². The van der Waals surface area contributed by atoms with Crippen LogP contribution in [0.3, 0.4) is 0 Å². The molecule has 0 spiro atoms. The molecular formula is C17H25N3O3. The first-order valence-corrected chi connectivity index (χ1v) is 8.29. The van der Waals surface area contributed by atoms with E-state index in [9.17, 15) is 4.79 Å². The lowest BCUT2D eigenvalue weighted by molar-refractivity contribution is -0.117. The van der Waals surface area contributed by atoms with Gasteiger partial charge in [-0.15, -0.1) is 0 Å². The highest BCUT2D eigenvalue weighted by molar-refractivity contribution is 5.91. The van der Waals surface area contributed by atoms with E-state index in [1.807, 2.05) is 12.1 Å². The zero-order valence-electron chi connectivity index (χ0n) is 13.4. The number of hydrogen-bond donors (Lipinski definition) is 2. The maximum absolute atomic E-state index is 12.1. The fourth-order valence-corrected chi connectivity index (χ4v) is 2.95. The van der Waals surface area contributed by atoms with Crippen LogP contribution in [-0.4, -0.2) is 62.9 Å². The Morgan fingerprint density at radius 1 is 1.26 bits per heavy atom. The van der Waals surface area contributed by atoms with Gasteiger partial charge in [0, 0.05) is 44.3 Å². The van der Waals surface area contributed by atoms with Gasteiger partial charge in [-0.3, -0.25) is 9.69 Å². The lowest BCUT2D eigenvalue weighted by atomic mass is 10.1. The van der Waals surface area contributed by atoms with Gasteiger partial charge in [-0.25, -0.2) is 0 Å². The van der Waals surface area contributed by atoms with Crippen molar-refractivity contribution in [2.24, 2.45) is 0 Å². The molecule has 0 aromatic heterocycles. The molecule has 23 heavy (non-hydrogen) atoms. The molecular weight excluding hydrogens is 294 g/mol. The summed E-state index contributed by atoms with van der Waals surface area (Å²) in [5.74, 6) is 0.0246. The molecule has 6 nitrogen and oxygen atoms in total. The molecule has 2 N–H and O–H groups in total. The van der Waals surface area contributed by atoms with Crippen molar-refractivity contribution in [3.63, 3.8) is 0 Å². The standard InChI is InChI=1S/C17H25N3O3/c21-17(11-16-13-23-7-4-18-16)19-15-3-1-2-14(10-15)12-20-5-8-22-9-6-20/h1-3,10,16,18H,4-9,11-13H2,(H,19,21). The maximum atomic E-state index is 12.1. The summed E-state index contributed by atoms with van der Waals surface area (Å²) in [6, 6.07) is 8.19. The number of ether oxygens (including phenoxy) is 2. The van der Waals surface area contributed by atoms with Crippen LogP contribution < -0.4 is 10.6 Å². The molecule has 0 bridgehead atoms. The van der Waals surface area contributed by atoms with E-state index in [0.29, 0.717) is 13.0 Å². The van der Waals surface area contributed by atoms with Crippen LogP contribution in [-0.2, 0) is 20.8 Å². The molecule has 1 aromatic rings. The number of anilines is 1. The van der Waals surface area contributed by atoms with Crippen LogP contribution in [0.2, 0.25) is 0 Å². The number of rotatable bonds is 5.